The van der Waals surface area contributed by atoms with Crippen LogP contribution in [0, 0.1) is 11.3 Å². The third kappa shape index (κ3) is 3.06. The summed E-state index contributed by atoms with van der Waals surface area (Å²) in [4.78, 5) is 12.0. The highest BCUT2D eigenvalue weighted by atomic mass is 16.3. The van der Waals surface area contributed by atoms with Crippen molar-refractivity contribution >= 4 is 5.91 Å². The van der Waals surface area contributed by atoms with Crippen molar-refractivity contribution in [2.45, 2.75) is 6.04 Å². The number of hydrogen-bond donors (Lipinski definition) is 3. The quantitative estimate of drug-likeness (QED) is 0.794. The van der Waals surface area contributed by atoms with Crippen molar-refractivity contribution in [3.8, 4) is 17.6 Å². The number of nitrogens with zero attached hydrogens (tertiary/aromatic N) is 1. The summed E-state index contributed by atoms with van der Waals surface area (Å²) in [6.07, 6.45) is 0. The summed E-state index contributed by atoms with van der Waals surface area (Å²) in [6, 6.07) is 13.6. The largest absolute Gasteiger partial charge is 0.508 e. The van der Waals surface area contributed by atoms with Gasteiger partial charge in [0.2, 0.25) is 0 Å². The van der Waals surface area contributed by atoms with Crippen LogP contribution in [0.3, 0.4) is 0 Å². The second-order valence-corrected chi connectivity index (χ2v) is 4.18. The van der Waals surface area contributed by atoms with Crippen LogP contribution in [0.4, 0.5) is 0 Å². The highest BCUT2D eigenvalue weighted by Crippen LogP contribution is 2.21. The summed E-state index contributed by atoms with van der Waals surface area (Å²) in [5.41, 5.74) is 0.742. The number of phenols is 2. The predicted octanol–water partition coefficient (Wildman–Crippen LogP) is 2.09. The molecule has 0 radical (unpaired) electrons. The van der Waals surface area contributed by atoms with Gasteiger partial charge in [0.15, 0.2) is 0 Å². The molecule has 1 amide bonds. The molecule has 0 heterocycles. The van der Waals surface area contributed by atoms with Crippen LogP contribution < -0.4 is 5.32 Å². The van der Waals surface area contributed by atoms with Gasteiger partial charge in [0, 0.05) is 11.6 Å². The van der Waals surface area contributed by atoms with E-state index < -0.39 is 11.9 Å². The molecule has 1 unspecified atom stereocenters. The molecule has 2 rings (SSSR count). The molecule has 0 aliphatic heterocycles. The van der Waals surface area contributed by atoms with Crippen LogP contribution in [-0.4, -0.2) is 16.1 Å². The van der Waals surface area contributed by atoms with Crippen molar-refractivity contribution in [2.75, 3.05) is 0 Å². The van der Waals surface area contributed by atoms with Crippen molar-refractivity contribution in [2.24, 2.45) is 0 Å². The smallest absolute Gasteiger partial charge is 0.252 e. The van der Waals surface area contributed by atoms with Crippen molar-refractivity contribution in [1.29, 1.82) is 5.26 Å². The maximum atomic E-state index is 12.0. The first-order valence-corrected chi connectivity index (χ1v) is 5.88. The molecule has 0 bridgehead atoms. The molecule has 0 aliphatic rings. The van der Waals surface area contributed by atoms with Gasteiger partial charge in [-0.05, 0) is 17.7 Å². The molecule has 5 nitrogen and oxygen atoms in total. The highest BCUT2D eigenvalue weighted by Gasteiger charge is 2.15. The Balaban J connectivity index is 2.20. The minimum absolute atomic E-state index is 0.0821. The van der Waals surface area contributed by atoms with Crippen molar-refractivity contribution < 1.29 is 15.0 Å². The molecule has 0 aromatic heterocycles. The lowest BCUT2D eigenvalue weighted by atomic mass is 10.1. The highest BCUT2D eigenvalue weighted by molar-refractivity contribution is 5.95. The summed E-state index contributed by atoms with van der Waals surface area (Å²) in [6.45, 7) is 0. The van der Waals surface area contributed by atoms with E-state index in [4.69, 9.17) is 5.26 Å². The fraction of sp³-hybridized carbons (Fsp3) is 0.0667. The number of hydrogen-bond acceptors (Lipinski definition) is 4. The minimum Gasteiger partial charge on any atom is -0.508 e. The monoisotopic (exact) mass is 268 g/mol. The van der Waals surface area contributed by atoms with Gasteiger partial charge in [-0.2, -0.15) is 5.26 Å². The summed E-state index contributed by atoms with van der Waals surface area (Å²) in [5, 5.41) is 30.3. The fourth-order valence-corrected chi connectivity index (χ4v) is 1.78. The van der Waals surface area contributed by atoms with Crippen LogP contribution in [0.2, 0.25) is 0 Å². The van der Waals surface area contributed by atoms with E-state index in [2.05, 4.69) is 5.32 Å². The second-order valence-electron chi connectivity index (χ2n) is 4.18. The maximum Gasteiger partial charge on any atom is 0.252 e. The summed E-state index contributed by atoms with van der Waals surface area (Å²) in [5.74, 6) is -0.988. The summed E-state index contributed by atoms with van der Waals surface area (Å²) < 4.78 is 0. The summed E-state index contributed by atoms with van der Waals surface area (Å²) >= 11 is 0. The number of nitriles is 1. The third-order valence-corrected chi connectivity index (χ3v) is 2.70. The molecule has 20 heavy (non-hydrogen) atoms. The van der Waals surface area contributed by atoms with Crippen molar-refractivity contribution in [1.82, 2.24) is 5.32 Å². The zero-order valence-electron chi connectivity index (χ0n) is 10.4. The molecular formula is C15H12N2O3. The maximum absolute atomic E-state index is 12.0. The van der Waals surface area contributed by atoms with E-state index >= 15 is 0 Å². The molecular weight excluding hydrogens is 256 g/mol. The van der Waals surface area contributed by atoms with E-state index in [-0.39, 0.29) is 17.1 Å². The van der Waals surface area contributed by atoms with Crippen LogP contribution in [0.25, 0.3) is 0 Å². The average molecular weight is 268 g/mol. The van der Waals surface area contributed by atoms with Gasteiger partial charge in [-0.15, -0.1) is 0 Å². The number of aromatic hydroxyl groups is 2. The Morgan fingerprint density at radius 3 is 2.25 bits per heavy atom. The Kier molecular flexibility index (Phi) is 3.87. The van der Waals surface area contributed by atoms with E-state index in [1.165, 1.54) is 12.1 Å². The van der Waals surface area contributed by atoms with E-state index in [1.54, 1.807) is 24.3 Å². The number of rotatable bonds is 3. The Bertz CT molecular complexity index is 642. The van der Waals surface area contributed by atoms with Crippen LogP contribution in [-0.2, 0) is 0 Å². The first-order valence-electron chi connectivity index (χ1n) is 5.88. The molecule has 3 N–H and O–H groups in total. The minimum atomic E-state index is -0.798. The Hall–Kier alpha value is -3.00. The fourth-order valence-electron chi connectivity index (χ4n) is 1.78. The Morgan fingerprint density at radius 2 is 1.70 bits per heavy atom. The van der Waals surface area contributed by atoms with Gasteiger partial charge in [0.1, 0.15) is 17.5 Å². The lowest BCUT2D eigenvalue weighted by Gasteiger charge is -2.12. The van der Waals surface area contributed by atoms with Gasteiger partial charge in [-0.25, -0.2) is 0 Å². The van der Waals surface area contributed by atoms with E-state index in [0.29, 0.717) is 5.56 Å². The molecule has 0 saturated heterocycles. The van der Waals surface area contributed by atoms with E-state index in [0.717, 1.165) is 6.07 Å². The van der Waals surface area contributed by atoms with Crippen LogP contribution in [0.15, 0.2) is 48.5 Å². The van der Waals surface area contributed by atoms with E-state index in [1.807, 2.05) is 12.1 Å². The predicted molar refractivity (Wildman–Crippen MR) is 72.0 cm³/mol. The molecule has 0 spiro atoms. The zero-order chi connectivity index (χ0) is 14.5. The molecule has 2 aromatic carbocycles. The van der Waals surface area contributed by atoms with Crippen LogP contribution in [0.1, 0.15) is 22.0 Å². The van der Waals surface area contributed by atoms with Crippen molar-refractivity contribution in [3.63, 3.8) is 0 Å². The lowest BCUT2D eigenvalue weighted by Crippen LogP contribution is -2.27. The molecule has 1 atom stereocenters. The molecule has 100 valence electrons. The van der Waals surface area contributed by atoms with E-state index in [9.17, 15) is 15.0 Å². The number of carbonyl (C=O) groups is 1. The van der Waals surface area contributed by atoms with Crippen LogP contribution >= 0.6 is 0 Å². The molecule has 2 aromatic rings. The second kappa shape index (κ2) is 5.76. The number of carbonyl (C=O) groups excluding carboxylic acids is 1. The third-order valence-electron chi connectivity index (χ3n) is 2.70. The zero-order valence-corrected chi connectivity index (χ0v) is 10.4. The van der Waals surface area contributed by atoms with Crippen LogP contribution in [0.5, 0.6) is 11.5 Å². The first-order chi connectivity index (χ1) is 9.60. The molecule has 0 fully saturated rings. The SMILES string of the molecule is N#CC(NC(=O)c1cc(O)cc(O)c1)c1ccccc1. The normalized spacial score (nSPS) is 11.3. The van der Waals surface area contributed by atoms with Gasteiger partial charge in [-0.1, -0.05) is 30.3 Å². The van der Waals surface area contributed by atoms with Gasteiger partial charge < -0.3 is 15.5 Å². The van der Waals surface area contributed by atoms with Gasteiger partial charge in [-0.3, -0.25) is 4.79 Å². The molecule has 5 heteroatoms. The van der Waals surface area contributed by atoms with Gasteiger partial charge in [0.05, 0.1) is 6.07 Å². The molecule has 0 aliphatic carbocycles. The number of amides is 1. The van der Waals surface area contributed by atoms with Crippen molar-refractivity contribution in [3.05, 3.63) is 59.7 Å². The standard InChI is InChI=1S/C15H12N2O3/c16-9-14(10-4-2-1-3-5-10)17-15(20)11-6-12(18)8-13(19)7-11/h1-8,14,18-19H,(H,17,20). The average Bonchev–Trinajstić information content (AvgIpc) is 2.44. The van der Waals surface area contributed by atoms with Gasteiger partial charge in [0.25, 0.3) is 5.91 Å². The number of benzene rings is 2. The number of nitrogens with one attached hydrogen (secondary N) is 1. The molecule has 0 saturated carbocycles. The lowest BCUT2D eigenvalue weighted by molar-refractivity contribution is 0.0944. The van der Waals surface area contributed by atoms with Gasteiger partial charge >= 0.3 is 0 Å². The Morgan fingerprint density at radius 1 is 1.10 bits per heavy atom. The number of phenolic OH excluding ortho intramolecular Hbond substituents is 2. The topological polar surface area (TPSA) is 93.4 Å². The summed E-state index contributed by atoms with van der Waals surface area (Å²) in [7, 11) is 0. The Labute approximate surface area is 115 Å². The first kappa shape index (κ1) is 13.4.